The van der Waals surface area contributed by atoms with E-state index in [-0.39, 0.29) is 19.4 Å². The number of benzene rings is 3. The van der Waals surface area contributed by atoms with E-state index >= 15 is 0 Å². The Morgan fingerprint density at radius 3 is 2.54 bits per heavy atom. The van der Waals surface area contributed by atoms with Crippen LogP contribution in [0.5, 0.6) is 0 Å². The van der Waals surface area contributed by atoms with E-state index in [0.717, 1.165) is 27.4 Å². The van der Waals surface area contributed by atoms with Gasteiger partial charge < -0.3 is 34.7 Å². The number of H-pyrrole nitrogens is 1. The van der Waals surface area contributed by atoms with Crippen LogP contribution in [0.3, 0.4) is 0 Å². The normalized spacial score (nSPS) is 12.8. The van der Waals surface area contributed by atoms with Gasteiger partial charge in [-0.2, -0.15) is 0 Å². The van der Waals surface area contributed by atoms with Crippen molar-refractivity contribution in [2.24, 2.45) is 5.92 Å². The van der Waals surface area contributed by atoms with Gasteiger partial charge in [0.05, 0.1) is 6.26 Å². The molecule has 0 saturated carbocycles. The molecular weight excluding hydrogens is 497 g/mol. The lowest BCUT2D eigenvalue weighted by atomic mass is 9.97. The first-order valence-electron chi connectivity index (χ1n) is 12.6. The Kier molecular flexibility index (Phi) is 8.07. The van der Waals surface area contributed by atoms with Crippen LogP contribution in [0.2, 0.25) is 0 Å². The molecule has 0 fully saturated rings. The molecule has 3 aromatic carbocycles. The van der Waals surface area contributed by atoms with E-state index < -0.39 is 31.3 Å². The molecule has 39 heavy (non-hydrogen) atoms. The van der Waals surface area contributed by atoms with Crippen LogP contribution in [-0.4, -0.2) is 40.4 Å². The van der Waals surface area contributed by atoms with E-state index in [1.165, 1.54) is 6.26 Å². The van der Waals surface area contributed by atoms with Gasteiger partial charge >= 0.3 is 7.32 Å². The van der Waals surface area contributed by atoms with Crippen LogP contribution in [-0.2, 0) is 33.6 Å². The lowest BCUT2D eigenvalue weighted by molar-refractivity contribution is -0.137. The SMILES string of the molecule is O=C(NCc1ccc2[nH]ccc2c1)C(Cc1ccccc1)C(=O)N[C@@H](Cc1coc2ccccc12)OB(O)O. The largest absolute Gasteiger partial charge is 0.635 e. The third-order valence-electron chi connectivity index (χ3n) is 6.56. The molecule has 0 aliphatic heterocycles. The fraction of sp³-hybridized carbons (Fsp3) is 0.172. The summed E-state index contributed by atoms with van der Waals surface area (Å²) in [6.45, 7) is 0.245. The highest BCUT2D eigenvalue weighted by Crippen LogP contribution is 2.22. The van der Waals surface area contributed by atoms with Gasteiger partial charge in [-0.1, -0.05) is 54.6 Å². The highest BCUT2D eigenvalue weighted by molar-refractivity contribution is 6.32. The molecule has 0 aliphatic carbocycles. The van der Waals surface area contributed by atoms with Gasteiger partial charge in [0, 0.05) is 35.6 Å². The second kappa shape index (κ2) is 12.0. The monoisotopic (exact) mass is 525 g/mol. The molecule has 0 spiro atoms. The zero-order valence-electron chi connectivity index (χ0n) is 21.0. The lowest BCUT2D eigenvalue weighted by Gasteiger charge is -2.23. The van der Waals surface area contributed by atoms with Gasteiger partial charge in [-0.25, -0.2) is 0 Å². The average molecular weight is 525 g/mol. The third-order valence-corrected chi connectivity index (χ3v) is 6.56. The number of fused-ring (bicyclic) bond motifs is 2. The van der Waals surface area contributed by atoms with E-state index in [1.807, 2.05) is 85.1 Å². The van der Waals surface area contributed by atoms with Gasteiger partial charge in [-0.15, -0.1) is 0 Å². The minimum absolute atomic E-state index is 0.0940. The lowest BCUT2D eigenvalue weighted by Crippen LogP contribution is -2.48. The Balaban J connectivity index is 1.32. The zero-order valence-corrected chi connectivity index (χ0v) is 21.0. The Labute approximate surface area is 225 Å². The van der Waals surface area contributed by atoms with Crippen LogP contribution >= 0.6 is 0 Å². The summed E-state index contributed by atoms with van der Waals surface area (Å²) in [5.41, 5.74) is 4.06. The van der Waals surface area contributed by atoms with Crippen LogP contribution in [0.15, 0.2) is 95.7 Å². The number of furan rings is 1. The topological polar surface area (TPSA) is 137 Å². The molecule has 0 radical (unpaired) electrons. The number of para-hydroxylation sites is 1. The van der Waals surface area contributed by atoms with Crippen molar-refractivity contribution >= 4 is 41.0 Å². The number of hydrogen-bond acceptors (Lipinski definition) is 6. The molecule has 2 atom stereocenters. The molecule has 0 aliphatic rings. The molecule has 10 heteroatoms. The number of carbonyl (C=O) groups excluding carboxylic acids is 2. The summed E-state index contributed by atoms with van der Waals surface area (Å²) >= 11 is 0. The van der Waals surface area contributed by atoms with Gasteiger partial charge in [-0.05, 0) is 47.2 Å². The molecule has 1 unspecified atom stereocenters. The van der Waals surface area contributed by atoms with Crippen LogP contribution in [0.25, 0.3) is 21.9 Å². The van der Waals surface area contributed by atoms with Crippen molar-refractivity contribution in [3.8, 4) is 0 Å². The van der Waals surface area contributed by atoms with Gasteiger partial charge in [0.25, 0.3) is 0 Å². The molecule has 2 aromatic heterocycles. The molecule has 5 N–H and O–H groups in total. The highest BCUT2D eigenvalue weighted by Gasteiger charge is 2.30. The van der Waals surface area contributed by atoms with E-state index in [4.69, 9.17) is 9.07 Å². The Morgan fingerprint density at radius 1 is 0.923 bits per heavy atom. The Bertz CT molecular complexity index is 1570. The van der Waals surface area contributed by atoms with Crippen molar-refractivity contribution in [1.29, 1.82) is 0 Å². The maximum Gasteiger partial charge on any atom is 0.635 e. The molecule has 5 aromatic rings. The van der Waals surface area contributed by atoms with E-state index in [9.17, 15) is 19.6 Å². The van der Waals surface area contributed by atoms with Crippen LogP contribution in [0.1, 0.15) is 16.7 Å². The minimum atomic E-state index is -2.13. The fourth-order valence-electron chi connectivity index (χ4n) is 4.61. The second-order valence-electron chi connectivity index (χ2n) is 9.28. The van der Waals surface area contributed by atoms with Crippen molar-refractivity contribution in [2.75, 3.05) is 0 Å². The summed E-state index contributed by atoms with van der Waals surface area (Å²) in [6, 6.07) is 24.4. The summed E-state index contributed by atoms with van der Waals surface area (Å²) in [4.78, 5) is 30.0. The predicted molar refractivity (Wildman–Crippen MR) is 147 cm³/mol. The first-order chi connectivity index (χ1) is 19.0. The first kappa shape index (κ1) is 26.2. The van der Waals surface area contributed by atoms with Gasteiger partial charge in [-0.3, -0.25) is 9.59 Å². The van der Waals surface area contributed by atoms with Gasteiger partial charge in [0.1, 0.15) is 17.7 Å². The molecule has 5 rings (SSSR count). The van der Waals surface area contributed by atoms with Crippen molar-refractivity contribution in [2.45, 2.75) is 25.6 Å². The van der Waals surface area contributed by atoms with E-state index in [1.54, 1.807) is 0 Å². The fourth-order valence-corrected chi connectivity index (χ4v) is 4.61. The van der Waals surface area contributed by atoms with Crippen molar-refractivity contribution in [3.63, 3.8) is 0 Å². The summed E-state index contributed by atoms with van der Waals surface area (Å²) in [6.07, 6.45) is 2.50. The molecular formula is C29H28BN3O6. The molecule has 2 heterocycles. The summed E-state index contributed by atoms with van der Waals surface area (Å²) in [5.74, 6) is -2.15. The molecule has 9 nitrogen and oxygen atoms in total. The molecule has 2 amide bonds. The predicted octanol–water partition coefficient (Wildman–Crippen LogP) is 3.06. The average Bonchev–Trinajstić information content (AvgIpc) is 3.57. The quantitative estimate of drug-likeness (QED) is 0.102. The number of amides is 2. The van der Waals surface area contributed by atoms with Crippen LogP contribution in [0, 0.1) is 5.92 Å². The van der Waals surface area contributed by atoms with E-state index in [0.29, 0.717) is 11.1 Å². The van der Waals surface area contributed by atoms with E-state index in [2.05, 4.69) is 15.6 Å². The first-order valence-corrected chi connectivity index (χ1v) is 12.6. The summed E-state index contributed by atoms with van der Waals surface area (Å²) < 4.78 is 10.7. The Hall–Kier alpha value is -4.38. The maximum atomic E-state index is 13.5. The molecule has 0 saturated heterocycles. The summed E-state index contributed by atoms with van der Waals surface area (Å²) in [5, 5.41) is 26.4. The number of rotatable bonds is 11. The maximum absolute atomic E-state index is 13.5. The van der Waals surface area contributed by atoms with Crippen molar-refractivity contribution in [1.82, 2.24) is 15.6 Å². The standard InChI is InChI=1S/C29H28BN3O6/c34-28(32-17-20-10-11-25-21(14-20)12-13-31-25)24(15-19-6-2-1-3-7-19)29(35)33-27(39-30(36)37)16-22-18-38-26-9-5-4-8-23(22)26/h1-14,18,24,27,31,36-37H,15-17H2,(H,32,34)(H,33,35)/t24?,27-/m1/s1. The van der Waals surface area contributed by atoms with Crippen molar-refractivity contribution < 1.29 is 28.7 Å². The number of aromatic amines is 1. The van der Waals surface area contributed by atoms with Gasteiger partial charge in [0.15, 0.2) is 0 Å². The molecule has 0 bridgehead atoms. The van der Waals surface area contributed by atoms with Crippen LogP contribution in [0.4, 0.5) is 0 Å². The Morgan fingerprint density at radius 2 is 1.72 bits per heavy atom. The minimum Gasteiger partial charge on any atom is -0.464 e. The second-order valence-corrected chi connectivity index (χ2v) is 9.28. The zero-order chi connectivity index (χ0) is 27.2. The molecule has 198 valence electrons. The van der Waals surface area contributed by atoms with Gasteiger partial charge in [0.2, 0.25) is 11.8 Å². The van der Waals surface area contributed by atoms with Crippen molar-refractivity contribution in [3.05, 3.63) is 108 Å². The number of carbonyl (C=O) groups is 2. The third kappa shape index (κ3) is 6.56. The number of nitrogens with one attached hydrogen (secondary N) is 3. The summed E-state index contributed by atoms with van der Waals surface area (Å²) in [7, 11) is -2.13. The highest BCUT2D eigenvalue weighted by atomic mass is 16.6. The number of aromatic nitrogens is 1. The van der Waals surface area contributed by atoms with Crippen LogP contribution < -0.4 is 10.6 Å². The number of hydrogen-bond donors (Lipinski definition) is 5. The smallest absolute Gasteiger partial charge is 0.464 e.